The lowest BCUT2D eigenvalue weighted by Crippen LogP contribution is -2.29. The number of hydrogen-bond acceptors (Lipinski definition) is 6. The molecule has 10 heteroatoms. The molecule has 2 rings (SSSR count). The number of ether oxygens (including phenoxy) is 2. The molecule has 0 spiro atoms. The summed E-state index contributed by atoms with van der Waals surface area (Å²) in [4.78, 5) is 22.2. The van der Waals surface area contributed by atoms with Crippen molar-refractivity contribution >= 4 is 33.7 Å². The molecule has 0 aliphatic rings. The Kier molecular flexibility index (Phi) is 6.49. The number of aliphatic carboxylic acids is 1. The van der Waals surface area contributed by atoms with Gasteiger partial charge in [0.25, 0.3) is 15.9 Å². The summed E-state index contributed by atoms with van der Waals surface area (Å²) in [6, 6.07) is 8.67. The molecule has 154 valence electrons. The van der Waals surface area contributed by atoms with Gasteiger partial charge in [0.2, 0.25) is 0 Å². The van der Waals surface area contributed by atoms with Gasteiger partial charge in [0, 0.05) is 13.1 Å². The second kappa shape index (κ2) is 8.65. The lowest BCUT2D eigenvalue weighted by molar-refractivity contribution is -0.131. The molecule has 3 N–H and O–H groups in total. The van der Waals surface area contributed by atoms with Crippen molar-refractivity contribution in [2.24, 2.45) is 5.73 Å². The van der Waals surface area contributed by atoms with Crippen LogP contribution in [0.2, 0.25) is 0 Å². The fourth-order valence-electron chi connectivity index (χ4n) is 2.64. The standard InChI is InChI=1S/C19H20N2O7S/c1-21(14-7-5-4-6-13(14)19(20)24)29(25,26)16-11-12(8-9-17(22)23)10-15(27-2)18(16)28-3/h4-11H,1-3H3,(H2,20,24)(H,22,23)/b9-8+. The van der Waals surface area contributed by atoms with Gasteiger partial charge in [-0.1, -0.05) is 12.1 Å². The number of hydrogen-bond donors (Lipinski definition) is 2. The summed E-state index contributed by atoms with van der Waals surface area (Å²) in [7, 11) is -0.375. The summed E-state index contributed by atoms with van der Waals surface area (Å²) in [5, 5.41) is 8.84. The highest BCUT2D eigenvalue weighted by Crippen LogP contribution is 2.38. The molecular formula is C19H20N2O7S. The van der Waals surface area contributed by atoms with E-state index in [0.29, 0.717) is 0 Å². The van der Waals surface area contributed by atoms with E-state index in [0.717, 1.165) is 10.4 Å². The lowest BCUT2D eigenvalue weighted by Gasteiger charge is -2.23. The predicted octanol–water partition coefficient (Wildman–Crippen LogP) is 1.73. The van der Waals surface area contributed by atoms with E-state index in [2.05, 4.69) is 0 Å². The lowest BCUT2D eigenvalue weighted by atomic mass is 10.2. The molecule has 0 saturated carbocycles. The van der Waals surface area contributed by atoms with Crippen LogP contribution in [0.4, 0.5) is 5.69 Å². The minimum absolute atomic E-state index is 0.0198. The average Bonchev–Trinajstić information content (AvgIpc) is 2.70. The Hall–Kier alpha value is -3.53. The molecule has 0 aliphatic carbocycles. The molecule has 0 radical (unpaired) electrons. The predicted molar refractivity (Wildman–Crippen MR) is 107 cm³/mol. The molecule has 2 aromatic rings. The van der Waals surface area contributed by atoms with Crippen molar-refractivity contribution in [1.82, 2.24) is 0 Å². The van der Waals surface area contributed by atoms with Crippen LogP contribution in [0.15, 0.2) is 47.4 Å². The van der Waals surface area contributed by atoms with Crippen molar-refractivity contribution in [3.8, 4) is 11.5 Å². The van der Waals surface area contributed by atoms with E-state index in [1.807, 2.05) is 0 Å². The Balaban J connectivity index is 2.72. The summed E-state index contributed by atoms with van der Waals surface area (Å²) < 4.78 is 38.0. The third kappa shape index (κ3) is 4.49. The summed E-state index contributed by atoms with van der Waals surface area (Å²) >= 11 is 0. The normalized spacial score (nSPS) is 11.3. The summed E-state index contributed by atoms with van der Waals surface area (Å²) in [5.41, 5.74) is 5.72. The topological polar surface area (TPSA) is 136 Å². The van der Waals surface area contributed by atoms with E-state index in [1.165, 1.54) is 51.6 Å². The molecule has 0 aliphatic heterocycles. The van der Waals surface area contributed by atoms with E-state index >= 15 is 0 Å². The van der Waals surface area contributed by atoms with Gasteiger partial charge in [-0.2, -0.15) is 0 Å². The summed E-state index contributed by atoms with van der Waals surface area (Å²) in [6.07, 6.45) is 2.09. The molecule has 0 fully saturated rings. The molecule has 2 aromatic carbocycles. The third-order valence-electron chi connectivity index (χ3n) is 4.03. The number of methoxy groups -OCH3 is 2. The van der Waals surface area contributed by atoms with E-state index in [-0.39, 0.29) is 33.2 Å². The van der Waals surface area contributed by atoms with Crippen LogP contribution in [0.5, 0.6) is 11.5 Å². The number of carboxylic acids is 1. The number of carbonyl (C=O) groups is 2. The molecule has 0 aromatic heterocycles. The third-order valence-corrected chi connectivity index (χ3v) is 5.81. The van der Waals surface area contributed by atoms with Crippen LogP contribution in [0, 0.1) is 0 Å². The molecule has 9 nitrogen and oxygen atoms in total. The van der Waals surface area contributed by atoms with Crippen molar-refractivity contribution in [2.45, 2.75) is 4.90 Å². The Morgan fingerprint density at radius 3 is 2.34 bits per heavy atom. The van der Waals surface area contributed by atoms with Crippen molar-refractivity contribution in [3.05, 3.63) is 53.6 Å². The number of primary amides is 1. The van der Waals surface area contributed by atoms with E-state index < -0.39 is 21.9 Å². The zero-order chi connectivity index (χ0) is 21.8. The Morgan fingerprint density at radius 2 is 1.79 bits per heavy atom. The first-order valence-electron chi connectivity index (χ1n) is 8.18. The van der Waals surface area contributed by atoms with Crippen molar-refractivity contribution in [3.63, 3.8) is 0 Å². The summed E-state index contributed by atoms with van der Waals surface area (Å²) in [6.45, 7) is 0. The number of benzene rings is 2. The monoisotopic (exact) mass is 420 g/mol. The molecule has 1 amide bonds. The Morgan fingerprint density at radius 1 is 1.14 bits per heavy atom. The maximum Gasteiger partial charge on any atom is 0.328 e. The minimum Gasteiger partial charge on any atom is -0.493 e. The van der Waals surface area contributed by atoms with Crippen LogP contribution < -0.4 is 19.5 Å². The molecular weight excluding hydrogens is 400 g/mol. The Bertz CT molecular complexity index is 1080. The largest absolute Gasteiger partial charge is 0.493 e. The highest BCUT2D eigenvalue weighted by molar-refractivity contribution is 7.93. The average molecular weight is 420 g/mol. The zero-order valence-electron chi connectivity index (χ0n) is 15.9. The van der Waals surface area contributed by atoms with Gasteiger partial charge in [-0.05, 0) is 35.9 Å². The molecule has 0 heterocycles. The highest BCUT2D eigenvalue weighted by atomic mass is 32.2. The molecule has 0 unspecified atom stereocenters. The molecule has 29 heavy (non-hydrogen) atoms. The van der Waals surface area contributed by atoms with Crippen LogP contribution >= 0.6 is 0 Å². The zero-order valence-corrected chi connectivity index (χ0v) is 16.8. The van der Waals surface area contributed by atoms with Gasteiger partial charge in [-0.3, -0.25) is 9.10 Å². The number of nitrogens with two attached hydrogens (primary N) is 1. The van der Waals surface area contributed by atoms with Gasteiger partial charge in [0.05, 0.1) is 25.5 Å². The van der Waals surface area contributed by atoms with Crippen molar-refractivity contribution in [1.29, 1.82) is 0 Å². The minimum atomic E-state index is -4.25. The van der Waals surface area contributed by atoms with E-state index in [1.54, 1.807) is 12.1 Å². The highest BCUT2D eigenvalue weighted by Gasteiger charge is 2.30. The van der Waals surface area contributed by atoms with Gasteiger partial charge in [-0.25, -0.2) is 13.2 Å². The van der Waals surface area contributed by atoms with Crippen LogP contribution in [-0.4, -0.2) is 46.7 Å². The number of rotatable bonds is 8. The van der Waals surface area contributed by atoms with Crippen LogP contribution in [0.1, 0.15) is 15.9 Å². The van der Waals surface area contributed by atoms with E-state index in [9.17, 15) is 18.0 Å². The summed E-state index contributed by atoms with van der Waals surface area (Å²) in [5.74, 6) is -1.96. The maximum atomic E-state index is 13.3. The maximum absolute atomic E-state index is 13.3. The van der Waals surface area contributed by atoms with Gasteiger partial charge in [0.1, 0.15) is 4.90 Å². The second-order valence-corrected chi connectivity index (χ2v) is 7.72. The number of amides is 1. The van der Waals surface area contributed by atoms with E-state index in [4.69, 9.17) is 20.3 Å². The number of sulfonamides is 1. The van der Waals surface area contributed by atoms with Crippen LogP contribution in [0.3, 0.4) is 0 Å². The first kappa shape index (κ1) is 21.8. The molecule has 0 saturated heterocycles. The number of anilines is 1. The number of carboxylic acid groups (broad SMARTS) is 1. The molecule has 0 bridgehead atoms. The molecule has 0 atom stereocenters. The van der Waals surface area contributed by atoms with Gasteiger partial charge < -0.3 is 20.3 Å². The van der Waals surface area contributed by atoms with Gasteiger partial charge >= 0.3 is 5.97 Å². The Labute approximate surface area is 168 Å². The van der Waals surface area contributed by atoms with Gasteiger partial charge in [-0.15, -0.1) is 0 Å². The smallest absolute Gasteiger partial charge is 0.328 e. The number of carbonyl (C=O) groups excluding carboxylic acids is 1. The van der Waals surface area contributed by atoms with Crippen molar-refractivity contribution in [2.75, 3.05) is 25.6 Å². The second-order valence-electron chi connectivity index (χ2n) is 5.78. The fraction of sp³-hybridized carbons (Fsp3) is 0.158. The van der Waals surface area contributed by atoms with Crippen molar-refractivity contribution < 1.29 is 32.6 Å². The van der Waals surface area contributed by atoms with Crippen LogP contribution in [0.25, 0.3) is 6.08 Å². The quantitative estimate of drug-likeness (QED) is 0.621. The van der Waals surface area contributed by atoms with Gasteiger partial charge in [0.15, 0.2) is 11.5 Å². The number of nitrogens with zero attached hydrogens (tertiary/aromatic N) is 1. The first-order chi connectivity index (χ1) is 13.6. The first-order valence-corrected chi connectivity index (χ1v) is 9.62. The number of para-hydroxylation sites is 1. The fourth-order valence-corrected chi connectivity index (χ4v) is 4.06. The SMILES string of the molecule is COc1cc(/C=C/C(=O)O)cc(S(=O)(=O)N(C)c2ccccc2C(N)=O)c1OC. The van der Waals surface area contributed by atoms with Crippen LogP contribution in [-0.2, 0) is 14.8 Å².